The van der Waals surface area contributed by atoms with Gasteiger partial charge >= 0.3 is 0 Å². The molecule has 0 atom stereocenters. The van der Waals surface area contributed by atoms with Crippen molar-refractivity contribution in [1.82, 2.24) is 4.98 Å². The quantitative estimate of drug-likeness (QED) is 0.845. The number of nitrogens with two attached hydrogens (primary N) is 1. The van der Waals surface area contributed by atoms with Crippen LogP contribution < -0.4 is 15.8 Å². The van der Waals surface area contributed by atoms with Gasteiger partial charge in [-0.3, -0.25) is 4.79 Å². The Morgan fingerprint density at radius 3 is 2.80 bits per heavy atom. The molecular formula is C14H14BrN3O2. The second kappa shape index (κ2) is 5.92. The fraction of sp³-hybridized carbons (Fsp3) is 0.143. The van der Waals surface area contributed by atoms with Gasteiger partial charge in [-0.1, -0.05) is 0 Å². The number of carbonyl (C=O) groups is 1. The lowest BCUT2D eigenvalue weighted by molar-refractivity contribution is 0.102. The van der Waals surface area contributed by atoms with Gasteiger partial charge in [0.1, 0.15) is 11.6 Å². The maximum atomic E-state index is 12.2. The van der Waals surface area contributed by atoms with E-state index in [-0.39, 0.29) is 5.91 Å². The molecule has 0 saturated carbocycles. The molecule has 1 aromatic heterocycles. The van der Waals surface area contributed by atoms with E-state index in [1.54, 1.807) is 24.4 Å². The van der Waals surface area contributed by atoms with E-state index in [1.807, 2.05) is 13.0 Å². The van der Waals surface area contributed by atoms with Gasteiger partial charge in [-0.05, 0) is 52.7 Å². The van der Waals surface area contributed by atoms with Gasteiger partial charge < -0.3 is 15.8 Å². The zero-order chi connectivity index (χ0) is 14.7. The number of nitrogens with one attached hydrogen (secondary N) is 1. The molecule has 3 N–H and O–H groups in total. The molecule has 0 spiro atoms. The first-order valence-corrected chi connectivity index (χ1v) is 6.67. The molecule has 0 aliphatic carbocycles. The van der Waals surface area contributed by atoms with Gasteiger partial charge in [-0.2, -0.15) is 0 Å². The monoisotopic (exact) mass is 335 g/mol. The number of aryl methyl sites for hydroxylation is 1. The van der Waals surface area contributed by atoms with Gasteiger partial charge in [-0.25, -0.2) is 4.98 Å². The summed E-state index contributed by atoms with van der Waals surface area (Å²) in [6, 6.07) is 6.81. The van der Waals surface area contributed by atoms with Gasteiger partial charge in [0.15, 0.2) is 0 Å². The first kappa shape index (κ1) is 14.3. The second-order valence-electron chi connectivity index (χ2n) is 4.23. The molecule has 2 rings (SSSR count). The molecule has 2 aromatic rings. The van der Waals surface area contributed by atoms with Crippen molar-refractivity contribution in [3.05, 3.63) is 46.1 Å². The van der Waals surface area contributed by atoms with Crippen LogP contribution in [0.15, 0.2) is 34.9 Å². The number of carbonyl (C=O) groups excluding carboxylic acids is 1. The van der Waals surface area contributed by atoms with Crippen molar-refractivity contribution in [1.29, 1.82) is 0 Å². The molecule has 1 amide bonds. The number of benzene rings is 1. The lowest BCUT2D eigenvalue weighted by Crippen LogP contribution is -2.15. The SMILES string of the molecule is COc1ccc(N)c(C(=O)Nc2ncc(Br)cc2C)c1. The standard InChI is InChI=1S/C14H14BrN3O2/c1-8-5-9(15)7-17-13(8)18-14(19)11-6-10(20-2)3-4-12(11)16/h3-7H,16H2,1-2H3,(H,17,18,19). The Morgan fingerprint density at radius 2 is 2.15 bits per heavy atom. The van der Waals surface area contributed by atoms with E-state index in [9.17, 15) is 4.79 Å². The summed E-state index contributed by atoms with van der Waals surface area (Å²) in [6.07, 6.45) is 1.62. The number of nitrogen functional groups attached to an aromatic ring is 1. The van der Waals surface area contributed by atoms with Gasteiger partial charge in [0.05, 0.1) is 12.7 Å². The fourth-order valence-electron chi connectivity index (χ4n) is 1.71. The molecular weight excluding hydrogens is 322 g/mol. The van der Waals surface area contributed by atoms with Gasteiger partial charge in [0.25, 0.3) is 5.91 Å². The zero-order valence-electron chi connectivity index (χ0n) is 11.1. The zero-order valence-corrected chi connectivity index (χ0v) is 12.7. The largest absolute Gasteiger partial charge is 0.497 e. The molecule has 5 nitrogen and oxygen atoms in total. The number of amides is 1. The lowest BCUT2D eigenvalue weighted by atomic mass is 10.1. The molecule has 1 aromatic carbocycles. The predicted molar refractivity (Wildman–Crippen MR) is 82.0 cm³/mol. The summed E-state index contributed by atoms with van der Waals surface area (Å²) >= 11 is 3.33. The summed E-state index contributed by atoms with van der Waals surface area (Å²) in [7, 11) is 1.54. The number of hydrogen-bond acceptors (Lipinski definition) is 4. The number of pyridine rings is 1. The Kier molecular flexibility index (Phi) is 4.24. The highest BCUT2D eigenvalue weighted by atomic mass is 79.9. The summed E-state index contributed by atoms with van der Waals surface area (Å²) in [5, 5.41) is 2.74. The summed E-state index contributed by atoms with van der Waals surface area (Å²) in [5.74, 6) is 0.754. The van der Waals surface area contributed by atoms with E-state index in [2.05, 4.69) is 26.2 Å². The molecule has 0 bridgehead atoms. The summed E-state index contributed by atoms with van der Waals surface area (Å²) in [6.45, 7) is 1.86. The molecule has 1 heterocycles. The average Bonchev–Trinajstić information content (AvgIpc) is 2.42. The number of ether oxygens (including phenoxy) is 1. The molecule has 0 aliphatic rings. The minimum Gasteiger partial charge on any atom is -0.497 e. The van der Waals surface area contributed by atoms with Crippen molar-refractivity contribution in [3.63, 3.8) is 0 Å². The number of nitrogens with zero attached hydrogens (tertiary/aromatic N) is 1. The van der Waals surface area contributed by atoms with Crippen LogP contribution in [0.2, 0.25) is 0 Å². The maximum absolute atomic E-state index is 12.2. The highest BCUT2D eigenvalue weighted by molar-refractivity contribution is 9.10. The Morgan fingerprint density at radius 1 is 1.40 bits per heavy atom. The topological polar surface area (TPSA) is 77.2 Å². The summed E-state index contributed by atoms with van der Waals surface area (Å²) in [5.41, 5.74) is 7.41. The molecule has 6 heteroatoms. The third-order valence-electron chi connectivity index (χ3n) is 2.78. The van der Waals surface area contributed by atoms with E-state index in [1.165, 1.54) is 7.11 Å². The van der Waals surface area contributed by atoms with E-state index in [0.717, 1.165) is 10.0 Å². The van der Waals surface area contributed by atoms with Crippen molar-refractivity contribution >= 4 is 33.3 Å². The number of anilines is 2. The average molecular weight is 336 g/mol. The van der Waals surface area contributed by atoms with E-state index < -0.39 is 0 Å². The van der Waals surface area contributed by atoms with Crippen LogP contribution in [0.1, 0.15) is 15.9 Å². The molecule has 20 heavy (non-hydrogen) atoms. The highest BCUT2D eigenvalue weighted by Gasteiger charge is 2.13. The van der Waals surface area contributed by atoms with Crippen LogP contribution in [0.4, 0.5) is 11.5 Å². The Hall–Kier alpha value is -2.08. The fourth-order valence-corrected chi connectivity index (χ4v) is 2.15. The van der Waals surface area contributed by atoms with Crippen LogP contribution in [-0.2, 0) is 0 Å². The first-order valence-electron chi connectivity index (χ1n) is 5.88. The van der Waals surface area contributed by atoms with Crippen molar-refractivity contribution in [2.75, 3.05) is 18.2 Å². The lowest BCUT2D eigenvalue weighted by Gasteiger charge is -2.10. The third-order valence-corrected chi connectivity index (χ3v) is 3.22. The number of halogens is 1. The Bertz CT molecular complexity index is 659. The smallest absolute Gasteiger partial charge is 0.259 e. The highest BCUT2D eigenvalue weighted by Crippen LogP contribution is 2.22. The van der Waals surface area contributed by atoms with Crippen LogP contribution in [0.3, 0.4) is 0 Å². The predicted octanol–water partition coefficient (Wildman–Crippen LogP) is 3.00. The first-order chi connectivity index (χ1) is 9.51. The Balaban J connectivity index is 2.28. The summed E-state index contributed by atoms with van der Waals surface area (Å²) in [4.78, 5) is 16.4. The molecule has 0 radical (unpaired) electrons. The minimum absolute atomic E-state index is 0.320. The van der Waals surface area contributed by atoms with Crippen molar-refractivity contribution in [3.8, 4) is 5.75 Å². The van der Waals surface area contributed by atoms with E-state index in [4.69, 9.17) is 10.5 Å². The van der Waals surface area contributed by atoms with Gasteiger partial charge in [-0.15, -0.1) is 0 Å². The third kappa shape index (κ3) is 3.08. The van der Waals surface area contributed by atoms with Crippen LogP contribution in [0, 0.1) is 6.92 Å². The normalized spacial score (nSPS) is 10.2. The molecule has 104 valence electrons. The van der Waals surface area contributed by atoms with Gasteiger partial charge in [0.2, 0.25) is 0 Å². The minimum atomic E-state index is -0.320. The second-order valence-corrected chi connectivity index (χ2v) is 5.14. The number of aromatic nitrogens is 1. The van der Waals surface area contributed by atoms with Crippen molar-refractivity contribution < 1.29 is 9.53 Å². The van der Waals surface area contributed by atoms with Crippen molar-refractivity contribution in [2.45, 2.75) is 6.92 Å². The number of rotatable bonds is 3. The molecule has 0 aliphatic heterocycles. The number of hydrogen-bond donors (Lipinski definition) is 2. The maximum Gasteiger partial charge on any atom is 0.259 e. The van der Waals surface area contributed by atoms with Crippen molar-refractivity contribution in [2.24, 2.45) is 0 Å². The molecule has 0 unspecified atom stereocenters. The number of methoxy groups -OCH3 is 1. The van der Waals surface area contributed by atoms with Crippen LogP contribution in [-0.4, -0.2) is 18.0 Å². The Labute approximate surface area is 125 Å². The molecule has 0 fully saturated rings. The van der Waals surface area contributed by atoms with E-state index >= 15 is 0 Å². The van der Waals surface area contributed by atoms with Gasteiger partial charge in [0, 0.05) is 16.4 Å². The van der Waals surface area contributed by atoms with Crippen LogP contribution in [0.5, 0.6) is 5.75 Å². The van der Waals surface area contributed by atoms with Crippen LogP contribution in [0.25, 0.3) is 0 Å². The molecule has 0 saturated heterocycles. The van der Waals surface area contributed by atoms with E-state index in [0.29, 0.717) is 22.8 Å². The summed E-state index contributed by atoms with van der Waals surface area (Å²) < 4.78 is 5.95. The van der Waals surface area contributed by atoms with Crippen LogP contribution >= 0.6 is 15.9 Å².